The van der Waals surface area contributed by atoms with Gasteiger partial charge in [0, 0.05) is 43.0 Å². The zero-order valence-electron chi connectivity index (χ0n) is 20.0. The van der Waals surface area contributed by atoms with Crippen LogP contribution in [0.2, 0.25) is 0 Å². The van der Waals surface area contributed by atoms with Gasteiger partial charge in [0.05, 0.1) is 24.6 Å². The van der Waals surface area contributed by atoms with Crippen molar-refractivity contribution in [2.45, 2.75) is 57.7 Å². The van der Waals surface area contributed by atoms with Gasteiger partial charge in [-0.15, -0.1) is 0 Å². The molecule has 0 bridgehead atoms. The van der Waals surface area contributed by atoms with Crippen LogP contribution in [0.1, 0.15) is 40.5 Å². The largest absolute Gasteiger partial charge is 0.480 e. The number of anilines is 1. The monoisotopic (exact) mass is 435 g/mol. The summed E-state index contributed by atoms with van der Waals surface area (Å²) in [6, 6.07) is 8.49. The molecule has 0 saturated carbocycles. The summed E-state index contributed by atoms with van der Waals surface area (Å²) in [5.74, 6) is 1.48. The molecule has 1 aliphatic heterocycles. The average Bonchev–Trinajstić information content (AvgIpc) is 3.16. The van der Waals surface area contributed by atoms with Crippen LogP contribution < -0.4 is 15.0 Å². The van der Waals surface area contributed by atoms with Crippen LogP contribution in [0, 0.1) is 0 Å². The number of rotatable bonds is 5. The molecule has 0 amide bonds. The molecular formula is C24H33N7O. The minimum atomic E-state index is 0.0893. The average molecular weight is 436 g/mol. The van der Waals surface area contributed by atoms with E-state index in [-0.39, 0.29) is 11.1 Å². The summed E-state index contributed by atoms with van der Waals surface area (Å²) in [6.45, 7) is 9.09. The number of ether oxygens (including phenoxy) is 1. The third-order valence-electron chi connectivity index (χ3n) is 6.05. The van der Waals surface area contributed by atoms with Crippen LogP contribution in [0.3, 0.4) is 0 Å². The Morgan fingerprint density at radius 2 is 1.75 bits per heavy atom. The van der Waals surface area contributed by atoms with Gasteiger partial charge >= 0.3 is 0 Å². The second-order valence-electron chi connectivity index (χ2n) is 9.94. The van der Waals surface area contributed by atoms with Crippen LogP contribution in [0.15, 0.2) is 36.7 Å². The zero-order valence-corrected chi connectivity index (χ0v) is 20.0. The van der Waals surface area contributed by atoms with Gasteiger partial charge in [-0.25, -0.2) is 9.97 Å². The molecule has 0 aromatic carbocycles. The number of pyridine rings is 2. The maximum atomic E-state index is 5.53. The third-order valence-corrected chi connectivity index (χ3v) is 6.05. The molecule has 4 rings (SSSR count). The second-order valence-corrected chi connectivity index (χ2v) is 9.94. The lowest BCUT2D eigenvalue weighted by atomic mass is 9.79. The Morgan fingerprint density at radius 1 is 1.03 bits per heavy atom. The molecule has 170 valence electrons. The number of hydrogen-bond donors (Lipinski definition) is 1. The fourth-order valence-corrected chi connectivity index (χ4v) is 4.90. The van der Waals surface area contributed by atoms with Crippen molar-refractivity contribution in [3.63, 3.8) is 0 Å². The van der Waals surface area contributed by atoms with E-state index in [1.807, 2.05) is 18.3 Å². The summed E-state index contributed by atoms with van der Waals surface area (Å²) in [6.07, 6.45) is 5.72. The summed E-state index contributed by atoms with van der Waals surface area (Å²) < 4.78 is 5.53. The standard InChI is InChI=1S/C24H33N7O/c1-23(2)12-17(13-24(3,4)29-23)30(5)21-11-8-16(14-25-21)19-10-9-18(22(27-19)32-7)20-15-26-31(6)28-20/h8-11,14-15,17,29H,12-13H2,1-7H3. The van der Waals surface area contributed by atoms with E-state index in [0.717, 1.165) is 41.2 Å². The highest BCUT2D eigenvalue weighted by Crippen LogP contribution is 2.33. The number of aromatic nitrogens is 5. The van der Waals surface area contributed by atoms with E-state index in [0.29, 0.717) is 11.9 Å². The van der Waals surface area contributed by atoms with Crippen molar-refractivity contribution in [3.8, 4) is 28.4 Å². The fraction of sp³-hybridized carbons (Fsp3) is 0.500. The highest BCUT2D eigenvalue weighted by molar-refractivity contribution is 5.69. The molecule has 3 aromatic heterocycles. The first-order valence-electron chi connectivity index (χ1n) is 11.0. The van der Waals surface area contributed by atoms with Crippen LogP contribution in [-0.2, 0) is 7.05 Å². The number of hydrogen-bond acceptors (Lipinski definition) is 7. The van der Waals surface area contributed by atoms with Crippen molar-refractivity contribution in [1.82, 2.24) is 30.3 Å². The Kier molecular flexibility index (Phi) is 5.67. The Hall–Kier alpha value is -3.00. The van der Waals surface area contributed by atoms with Crippen molar-refractivity contribution in [1.29, 1.82) is 0 Å². The molecule has 32 heavy (non-hydrogen) atoms. The molecule has 0 unspecified atom stereocenters. The minimum Gasteiger partial charge on any atom is -0.480 e. The summed E-state index contributed by atoms with van der Waals surface area (Å²) in [5.41, 5.74) is 3.46. The number of nitrogens with one attached hydrogen (secondary N) is 1. The SMILES string of the molecule is COc1nc(-c2ccc(N(C)C3CC(C)(C)NC(C)(C)C3)nc2)ccc1-c1cnn(C)n1. The minimum absolute atomic E-state index is 0.0893. The maximum absolute atomic E-state index is 5.53. The van der Waals surface area contributed by atoms with Crippen LogP contribution in [0.25, 0.3) is 22.5 Å². The van der Waals surface area contributed by atoms with E-state index in [1.54, 1.807) is 20.4 Å². The predicted octanol–water partition coefficient (Wildman–Crippen LogP) is 3.69. The van der Waals surface area contributed by atoms with Crippen LogP contribution >= 0.6 is 0 Å². The molecule has 3 aromatic rings. The lowest BCUT2D eigenvalue weighted by molar-refractivity contribution is 0.160. The molecule has 4 heterocycles. The quantitative estimate of drug-likeness (QED) is 0.654. The second kappa shape index (κ2) is 8.16. The predicted molar refractivity (Wildman–Crippen MR) is 127 cm³/mol. The highest BCUT2D eigenvalue weighted by atomic mass is 16.5. The highest BCUT2D eigenvalue weighted by Gasteiger charge is 2.39. The number of aryl methyl sites for hydroxylation is 1. The number of methoxy groups -OCH3 is 1. The van der Waals surface area contributed by atoms with Gasteiger partial charge in [0.1, 0.15) is 11.5 Å². The van der Waals surface area contributed by atoms with E-state index < -0.39 is 0 Å². The maximum Gasteiger partial charge on any atom is 0.223 e. The third kappa shape index (κ3) is 4.60. The Morgan fingerprint density at radius 3 is 2.31 bits per heavy atom. The van der Waals surface area contributed by atoms with Gasteiger partial charge in [-0.3, -0.25) is 0 Å². The van der Waals surface area contributed by atoms with E-state index >= 15 is 0 Å². The molecule has 0 radical (unpaired) electrons. The van der Waals surface area contributed by atoms with E-state index in [9.17, 15) is 0 Å². The van der Waals surface area contributed by atoms with E-state index in [4.69, 9.17) is 9.72 Å². The van der Waals surface area contributed by atoms with E-state index in [2.05, 4.69) is 72.3 Å². The lowest BCUT2D eigenvalue weighted by Gasteiger charge is -2.49. The van der Waals surface area contributed by atoms with Gasteiger partial charge in [-0.1, -0.05) is 0 Å². The van der Waals surface area contributed by atoms with Crippen molar-refractivity contribution in [3.05, 3.63) is 36.7 Å². The van der Waals surface area contributed by atoms with E-state index in [1.165, 1.54) is 4.80 Å². The zero-order chi connectivity index (χ0) is 23.1. The molecule has 1 saturated heterocycles. The Balaban J connectivity index is 1.56. The molecule has 0 atom stereocenters. The topological polar surface area (TPSA) is 81.0 Å². The first kappa shape index (κ1) is 22.2. The molecule has 1 fully saturated rings. The first-order valence-corrected chi connectivity index (χ1v) is 11.0. The van der Waals surface area contributed by atoms with Crippen molar-refractivity contribution in [2.24, 2.45) is 7.05 Å². The van der Waals surface area contributed by atoms with Crippen molar-refractivity contribution < 1.29 is 4.74 Å². The van der Waals surface area contributed by atoms with Gasteiger partial charge in [0.15, 0.2) is 0 Å². The molecule has 0 spiro atoms. The van der Waals surface area contributed by atoms with Crippen LogP contribution in [0.4, 0.5) is 5.82 Å². The fourth-order valence-electron chi connectivity index (χ4n) is 4.90. The Labute approximate surface area is 190 Å². The van der Waals surface area contributed by atoms with Crippen LogP contribution in [-0.4, -0.2) is 56.2 Å². The molecule has 8 heteroatoms. The van der Waals surface area contributed by atoms with Gasteiger partial charge < -0.3 is 15.0 Å². The summed E-state index contributed by atoms with van der Waals surface area (Å²) >= 11 is 0. The first-order chi connectivity index (χ1) is 15.1. The smallest absolute Gasteiger partial charge is 0.223 e. The van der Waals surface area contributed by atoms with Gasteiger partial charge in [0.25, 0.3) is 0 Å². The number of nitrogens with zero attached hydrogens (tertiary/aromatic N) is 6. The summed E-state index contributed by atoms with van der Waals surface area (Å²) in [4.78, 5) is 13.3. The normalized spacial score (nSPS) is 17.8. The molecule has 1 aliphatic rings. The molecule has 0 aliphatic carbocycles. The Bertz CT molecular complexity index is 1070. The molecular weight excluding hydrogens is 402 g/mol. The molecule has 1 N–H and O–H groups in total. The summed E-state index contributed by atoms with van der Waals surface area (Å²) in [7, 11) is 5.54. The summed E-state index contributed by atoms with van der Waals surface area (Å²) in [5, 5.41) is 12.2. The van der Waals surface area contributed by atoms with Crippen LogP contribution in [0.5, 0.6) is 5.88 Å². The van der Waals surface area contributed by atoms with Gasteiger partial charge in [-0.05, 0) is 64.8 Å². The lowest BCUT2D eigenvalue weighted by Crippen LogP contribution is -2.62. The van der Waals surface area contributed by atoms with Crippen molar-refractivity contribution >= 4 is 5.82 Å². The molecule has 8 nitrogen and oxygen atoms in total. The van der Waals surface area contributed by atoms with Gasteiger partial charge in [0.2, 0.25) is 5.88 Å². The van der Waals surface area contributed by atoms with Crippen molar-refractivity contribution in [2.75, 3.05) is 19.1 Å². The van der Waals surface area contributed by atoms with Gasteiger partial charge in [-0.2, -0.15) is 15.0 Å². The number of piperidine rings is 1.